The van der Waals surface area contributed by atoms with Gasteiger partial charge in [-0.3, -0.25) is 14.4 Å². The van der Waals surface area contributed by atoms with Crippen LogP contribution in [0.5, 0.6) is 0 Å². The van der Waals surface area contributed by atoms with E-state index < -0.39 is 5.97 Å². The van der Waals surface area contributed by atoms with Crippen molar-refractivity contribution in [1.29, 1.82) is 0 Å². The molecule has 1 aromatic carbocycles. The number of carbonyl (C=O) groups excluding carboxylic acids is 1. The lowest BCUT2D eigenvalue weighted by atomic mass is 10.1. The average molecular weight is 361 g/mol. The lowest BCUT2D eigenvalue weighted by Crippen LogP contribution is -2.31. The van der Waals surface area contributed by atoms with E-state index in [1.54, 1.807) is 12.1 Å². The first-order valence-corrected chi connectivity index (χ1v) is 9.42. The third-order valence-electron chi connectivity index (χ3n) is 4.14. The molecule has 144 valence electrons. The average Bonchev–Trinajstić information content (AvgIpc) is 2.64. The van der Waals surface area contributed by atoms with Crippen LogP contribution < -0.4 is 0 Å². The van der Waals surface area contributed by atoms with E-state index >= 15 is 0 Å². The minimum atomic E-state index is -0.880. The number of nitrogens with zero attached hydrogens (tertiary/aromatic N) is 1. The second-order valence-electron chi connectivity index (χ2n) is 6.31. The molecule has 0 aliphatic heterocycles. The van der Waals surface area contributed by atoms with Crippen LogP contribution in [0.4, 0.5) is 0 Å². The number of carbonyl (C=O) groups is 2. The molecule has 0 saturated carbocycles. The Balaban J connectivity index is 2.46. The maximum atomic E-state index is 12.4. The molecule has 0 atom stereocenters. The highest BCUT2D eigenvalue weighted by Gasteiger charge is 2.15. The molecule has 26 heavy (non-hydrogen) atoms. The number of carboxylic acid groups (broad SMARTS) is 1. The van der Waals surface area contributed by atoms with Gasteiger partial charge >= 0.3 is 5.97 Å². The smallest absolute Gasteiger partial charge is 0.303 e. The lowest BCUT2D eigenvalue weighted by Gasteiger charge is -2.19. The highest BCUT2D eigenvalue weighted by molar-refractivity contribution is 5.93. The van der Waals surface area contributed by atoms with Gasteiger partial charge in [0.25, 0.3) is 5.91 Å². The van der Waals surface area contributed by atoms with Crippen LogP contribution in [0.15, 0.2) is 30.3 Å². The van der Waals surface area contributed by atoms with E-state index in [1.165, 1.54) is 44.3 Å². The molecule has 0 unspecified atom stereocenters. The third-order valence-corrected chi connectivity index (χ3v) is 4.14. The third kappa shape index (κ3) is 8.81. The summed E-state index contributed by atoms with van der Waals surface area (Å²) in [4.78, 5) is 28.0. The Labute approximate surface area is 156 Å². The Hall–Kier alpha value is -2.14. The maximum Gasteiger partial charge on any atom is 0.303 e. The van der Waals surface area contributed by atoms with Crippen LogP contribution in [0.2, 0.25) is 0 Å². The SMILES string of the molecule is CCCCCCCC=Cc1ccc(C(=O)N(CCCC(=O)O)OC)cc1. The molecule has 0 radical (unpaired) electrons. The molecular weight excluding hydrogens is 330 g/mol. The van der Waals surface area contributed by atoms with Crippen molar-refractivity contribution in [3.05, 3.63) is 41.5 Å². The van der Waals surface area contributed by atoms with E-state index in [0.29, 0.717) is 12.0 Å². The summed E-state index contributed by atoms with van der Waals surface area (Å²) in [6.45, 7) is 2.47. The molecule has 1 rings (SSSR count). The largest absolute Gasteiger partial charge is 0.481 e. The molecule has 0 aliphatic rings. The van der Waals surface area contributed by atoms with Gasteiger partial charge in [0.05, 0.1) is 7.11 Å². The maximum absolute atomic E-state index is 12.4. The summed E-state index contributed by atoms with van der Waals surface area (Å²) in [5.74, 6) is -1.14. The number of rotatable bonds is 13. The molecule has 0 bridgehead atoms. The van der Waals surface area contributed by atoms with Crippen molar-refractivity contribution in [2.75, 3.05) is 13.7 Å². The van der Waals surface area contributed by atoms with Crippen molar-refractivity contribution in [2.24, 2.45) is 0 Å². The Morgan fingerprint density at radius 3 is 2.38 bits per heavy atom. The standard InChI is InChI=1S/C21H31NO4/c1-3-4-5-6-7-8-9-11-18-13-15-19(16-14-18)21(25)22(26-2)17-10-12-20(23)24/h9,11,13-16H,3-8,10,12,17H2,1-2H3,(H,23,24). The molecular formula is C21H31NO4. The highest BCUT2D eigenvalue weighted by atomic mass is 16.7. The number of aliphatic carboxylic acids is 1. The number of hydrogen-bond donors (Lipinski definition) is 1. The van der Waals surface area contributed by atoms with Gasteiger partial charge in [0.2, 0.25) is 0 Å². The summed E-state index contributed by atoms with van der Waals surface area (Å²) in [6.07, 6.45) is 12.1. The van der Waals surface area contributed by atoms with Crippen LogP contribution in [-0.4, -0.2) is 35.7 Å². The number of allylic oxidation sites excluding steroid dienone is 1. The van der Waals surface area contributed by atoms with E-state index in [4.69, 9.17) is 9.94 Å². The quantitative estimate of drug-likeness (QED) is 0.400. The molecule has 5 heteroatoms. The molecule has 1 amide bonds. The second kappa shape index (κ2) is 13.1. The van der Waals surface area contributed by atoms with Crippen LogP contribution in [0, 0.1) is 0 Å². The van der Waals surface area contributed by atoms with Gasteiger partial charge in [-0.2, -0.15) is 0 Å². The Morgan fingerprint density at radius 2 is 1.77 bits per heavy atom. The summed E-state index contributed by atoms with van der Waals surface area (Å²) < 4.78 is 0. The van der Waals surface area contributed by atoms with Gasteiger partial charge in [-0.1, -0.05) is 56.9 Å². The zero-order valence-corrected chi connectivity index (χ0v) is 15.9. The normalized spacial score (nSPS) is 11.0. The van der Waals surface area contributed by atoms with Crippen molar-refractivity contribution in [3.63, 3.8) is 0 Å². The van der Waals surface area contributed by atoms with Crippen molar-refractivity contribution in [3.8, 4) is 0 Å². The minimum Gasteiger partial charge on any atom is -0.481 e. The first-order chi connectivity index (χ1) is 12.6. The van der Waals surface area contributed by atoms with Gasteiger partial charge in [-0.15, -0.1) is 0 Å². The summed E-state index contributed by atoms with van der Waals surface area (Å²) in [5.41, 5.74) is 1.59. The Morgan fingerprint density at radius 1 is 1.08 bits per heavy atom. The summed E-state index contributed by atoms with van der Waals surface area (Å²) in [6, 6.07) is 7.36. The molecule has 0 spiro atoms. The summed E-state index contributed by atoms with van der Waals surface area (Å²) >= 11 is 0. The molecule has 0 heterocycles. The molecule has 0 saturated heterocycles. The fourth-order valence-electron chi connectivity index (χ4n) is 2.62. The van der Waals surface area contributed by atoms with E-state index in [9.17, 15) is 9.59 Å². The fraction of sp³-hybridized carbons (Fsp3) is 0.524. The van der Waals surface area contributed by atoms with E-state index in [1.807, 2.05) is 12.1 Å². The molecule has 0 aromatic heterocycles. The Kier molecular flexibility index (Phi) is 11.0. The van der Waals surface area contributed by atoms with Crippen LogP contribution >= 0.6 is 0 Å². The van der Waals surface area contributed by atoms with Crippen LogP contribution in [-0.2, 0) is 9.63 Å². The van der Waals surface area contributed by atoms with Crippen molar-refractivity contribution in [1.82, 2.24) is 5.06 Å². The van der Waals surface area contributed by atoms with E-state index in [0.717, 1.165) is 12.0 Å². The van der Waals surface area contributed by atoms with Gasteiger partial charge in [-0.05, 0) is 37.0 Å². The van der Waals surface area contributed by atoms with Gasteiger partial charge in [-0.25, -0.2) is 5.06 Å². The molecule has 0 fully saturated rings. The topological polar surface area (TPSA) is 66.8 Å². The highest BCUT2D eigenvalue weighted by Crippen LogP contribution is 2.12. The molecule has 1 N–H and O–H groups in total. The monoisotopic (exact) mass is 361 g/mol. The summed E-state index contributed by atoms with van der Waals surface area (Å²) in [5, 5.41) is 9.88. The molecule has 0 aliphatic carbocycles. The Bertz CT molecular complexity index is 566. The van der Waals surface area contributed by atoms with Gasteiger partial charge in [0.1, 0.15) is 0 Å². The fourth-order valence-corrected chi connectivity index (χ4v) is 2.62. The minimum absolute atomic E-state index is 0.00924. The number of hydroxylamine groups is 2. The zero-order chi connectivity index (χ0) is 19.2. The second-order valence-corrected chi connectivity index (χ2v) is 6.31. The number of carboxylic acids is 1. The van der Waals surface area contributed by atoms with Crippen molar-refractivity contribution < 1.29 is 19.5 Å². The van der Waals surface area contributed by atoms with Gasteiger partial charge < -0.3 is 5.11 Å². The van der Waals surface area contributed by atoms with Crippen molar-refractivity contribution in [2.45, 2.75) is 58.3 Å². The predicted molar refractivity (Wildman–Crippen MR) is 104 cm³/mol. The van der Waals surface area contributed by atoms with Gasteiger partial charge in [0.15, 0.2) is 0 Å². The number of hydrogen-bond acceptors (Lipinski definition) is 3. The number of benzene rings is 1. The van der Waals surface area contributed by atoms with Crippen molar-refractivity contribution >= 4 is 18.0 Å². The zero-order valence-electron chi connectivity index (χ0n) is 15.9. The van der Waals surface area contributed by atoms with E-state index in [-0.39, 0.29) is 18.9 Å². The molecule has 5 nitrogen and oxygen atoms in total. The van der Waals surface area contributed by atoms with Crippen LogP contribution in [0.1, 0.15) is 74.2 Å². The van der Waals surface area contributed by atoms with Gasteiger partial charge in [0, 0.05) is 18.5 Å². The first kappa shape index (κ1) is 21.9. The predicted octanol–water partition coefficient (Wildman–Crippen LogP) is 4.93. The molecule has 1 aromatic rings. The first-order valence-electron chi connectivity index (χ1n) is 9.42. The number of amides is 1. The lowest BCUT2D eigenvalue weighted by molar-refractivity contribution is -0.138. The summed E-state index contributed by atoms with van der Waals surface area (Å²) in [7, 11) is 1.41. The van der Waals surface area contributed by atoms with Crippen LogP contribution in [0.25, 0.3) is 6.08 Å². The van der Waals surface area contributed by atoms with E-state index in [2.05, 4.69) is 19.1 Å². The van der Waals surface area contributed by atoms with Crippen LogP contribution in [0.3, 0.4) is 0 Å². The number of unbranched alkanes of at least 4 members (excludes halogenated alkanes) is 5.